The monoisotopic (exact) mass is 407 g/mol. The number of carbonyl (C=O) groups is 1. The molecule has 1 fully saturated rings. The number of hydrogen-bond acceptors (Lipinski definition) is 6. The van der Waals surface area contributed by atoms with Gasteiger partial charge in [-0.3, -0.25) is 4.79 Å². The lowest BCUT2D eigenvalue weighted by atomic mass is 10.2. The topological polar surface area (TPSA) is 82.1 Å². The number of fused-ring (bicyclic) bond motifs is 1. The molecule has 0 saturated carbocycles. The quantitative estimate of drug-likeness (QED) is 0.689. The zero-order valence-corrected chi connectivity index (χ0v) is 16.5. The minimum absolute atomic E-state index is 0.0206. The molecule has 1 saturated heterocycles. The van der Waals surface area contributed by atoms with E-state index in [1.165, 1.54) is 4.90 Å². The van der Waals surface area contributed by atoms with Crippen molar-refractivity contribution in [3.8, 4) is 22.9 Å². The van der Waals surface area contributed by atoms with Gasteiger partial charge in [0.25, 0.3) is 11.8 Å². The van der Waals surface area contributed by atoms with E-state index in [0.29, 0.717) is 42.8 Å². The van der Waals surface area contributed by atoms with Crippen molar-refractivity contribution in [3.05, 3.63) is 60.5 Å². The fourth-order valence-electron chi connectivity index (χ4n) is 3.81. The van der Waals surface area contributed by atoms with E-state index in [0.717, 1.165) is 18.7 Å². The smallest absolute Gasteiger partial charge is 0.282 e. The van der Waals surface area contributed by atoms with Crippen LogP contribution in [0.2, 0.25) is 0 Å². The molecule has 2 aromatic carbocycles. The van der Waals surface area contributed by atoms with E-state index in [1.807, 2.05) is 59.5 Å². The van der Waals surface area contributed by atoms with Gasteiger partial charge < -0.3 is 23.8 Å². The van der Waals surface area contributed by atoms with Gasteiger partial charge in [-0.1, -0.05) is 47.6 Å². The van der Waals surface area contributed by atoms with Crippen LogP contribution in [0.5, 0.6) is 11.5 Å². The molecular weight excluding hydrogens is 384 g/mol. The Hall–Kier alpha value is -3.39. The van der Waals surface area contributed by atoms with Gasteiger partial charge in [0.05, 0.1) is 26.2 Å². The number of nitrogens with zero attached hydrogens (tertiary/aromatic N) is 3. The van der Waals surface area contributed by atoms with Gasteiger partial charge in [0.15, 0.2) is 18.0 Å². The fraction of sp³-hybridized carbons (Fsp3) is 0.318. The van der Waals surface area contributed by atoms with Crippen LogP contribution in [0.15, 0.2) is 59.1 Å². The van der Waals surface area contributed by atoms with E-state index in [-0.39, 0.29) is 12.5 Å². The van der Waals surface area contributed by atoms with Crippen LogP contribution >= 0.6 is 0 Å². The number of amides is 1. The van der Waals surface area contributed by atoms with Crippen LogP contribution in [0, 0.1) is 0 Å². The van der Waals surface area contributed by atoms with Crippen molar-refractivity contribution in [2.45, 2.75) is 12.6 Å². The highest BCUT2D eigenvalue weighted by Crippen LogP contribution is 2.31. The molecule has 2 aliphatic heterocycles. The van der Waals surface area contributed by atoms with Crippen molar-refractivity contribution in [2.24, 2.45) is 0 Å². The molecule has 30 heavy (non-hydrogen) atoms. The van der Waals surface area contributed by atoms with Gasteiger partial charge in [-0.05, 0) is 12.1 Å². The molecule has 2 aliphatic rings. The van der Waals surface area contributed by atoms with E-state index in [2.05, 4.69) is 10.1 Å². The van der Waals surface area contributed by atoms with Gasteiger partial charge in [0.2, 0.25) is 11.9 Å². The summed E-state index contributed by atoms with van der Waals surface area (Å²) in [6, 6.07) is 17.2. The average Bonchev–Trinajstić information content (AvgIpc) is 3.28. The van der Waals surface area contributed by atoms with Crippen molar-refractivity contribution in [3.63, 3.8) is 0 Å². The molecule has 8 nitrogen and oxygen atoms in total. The summed E-state index contributed by atoms with van der Waals surface area (Å²) in [6.45, 7) is 3.86. The Kier molecular flexibility index (Phi) is 5.06. The largest absolute Gasteiger partial charge is 0.485 e. The van der Waals surface area contributed by atoms with Crippen LogP contribution in [-0.2, 0) is 11.3 Å². The molecule has 3 aromatic rings. The van der Waals surface area contributed by atoms with E-state index < -0.39 is 6.10 Å². The predicted molar refractivity (Wildman–Crippen MR) is 107 cm³/mol. The third-order valence-electron chi connectivity index (χ3n) is 5.47. The normalized spacial score (nSPS) is 18.9. The Morgan fingerprint density at radius 3 is 2.57 bits per heavy atom. The maximum Gasteiger partial charge on any atom is 0.282 e. The highest BCUT2D eigenvalue weighted by molar-refractivity contribution is 5.82. The number of benzene rings is 2. The lowest BCUT2D eigenvalue weighted by molar-refractivity contribution is -0.918. The summed E-state index contributed by atoms with van der Waals surface area (Å²) in [6.07, 6.45) is -0.592. The third kappa shape index (κ3) is 3.86. The van der Waals surface area contributed by atoms with E-state index in [4.69, 9.17) is 14.0 Å². The maximum atomic E-state index is 12.9. The summed E-state index contributed by atoms with van der Waals surface area (Å²) in [5.41, 5.74) is 0.939. The Morgan fingerprint density at radius 1 is 1.03 bits per heavy atom. The number of nitrogens with one attached hydrogen (secondary N) is 1. The van der Waals surface area contributed by atoms with Crippen molar-refractivity contribution in [1.82, 2.24) is 15.0 Å². The SMILES string of the molecule is O=C([C@H]1COc2ccccc2O1)N1CC[NH+](Cc2nc(-c3ccccc3)no2)CC1. The number of carbonyl (C=O) groups excluding carboxylic acids is 1. The lowest BCUT2D eigenvalue weighted by Crippen LogP contribution is -3.13. The van der Waals surface area contributed by atoms with Crippen molar-refractivity contribution in [1.29, 1.82) is 0 Å². The number of piperazine rings is 1. The molecule has 1 amide bonds. The molecule has 154 valence electrons. The first-order valence-electron chi connectivity index (χ1n) is 10.1. The van der Waals surface area contributed by atoms with E-state index >= 15 is 0 Å². The van der Waals surface area contributed by atoms with Gasteiger partial charge in [-0.25, -0.2) is 0 Å². The molecule has 1 atom stereocenters. The molecule has 1 N–H and O–H groups in total. The van der Waals surface area contributed by atoms with Crippen LogP contribution < -0.4 is 14.4 Å². The molecule has 8 heteroatoms. The van der Waals surface area contributed by atoms with Crippen LogP contribution in [0.4, 0.5) is 0 Å². The molecular formula is C22H23N4O4+. The van der Waals surface area contributed by atoms with Crippen LogP contribution in [-0.4, -0.2) is 59.8 Å². The third-order valence-corrected chi connectivity index (χ3v) is 5.47. The van der Waals surface area contributed by atoms with Gasteiger partial charge in [0.1, 0.15) is 6.61 Å². The van der Waals surface area contributed by atoms with Crippen LogP contribution in [0.3, 0.4) is 0 Å². The minimum Gasteiger partial charge on any atom is -0.485 e. The summed E-state index contributed by atoms with van der Waals surface area (Å²) < 4.78 is 17.0. The van der Waals surface area contributed by atoms with Crippen molar-refractivity contribution in [2.75, 3.05) is 32.8 Å². The summed E-state index contributed by atoms with van der Waals surface area (Å²) in [7, 11) is 0. The number of ether oxygens (including phenoxy) is 2. The number of para-hydroxylation sites is 2. The maximum absolute atomic E-state index is 12.9. The number of quaternary nitrogens is 1. The molecule has 5 rings (SSSR count). The standard InChI is InChI=1S/C22H22N4O4/c27-22(19-15-28-17-8-4-5-9-18(17)29-19)26-12-10-25(11-13-26)14-20-23-21(24-30-20)16-6-2-1-3-7-16/h1-9,19H,10-15H2/p+1/t19-/m1/s1. The average molecular weight is 407 g/mol. The summed E-state index contributed by atoms with van der Waals surface area (Å²) in [4.78, 5) is 20.5. The second-order valence-corrected chi connectivity index (χ2v) is 7.49. The fourth-order valence-corrected chi connectivity index (χ4v) is 3.81. The zero-order chi connectivity index (χ0) is 20.3. The molecule has 0 radical (unpaired) electrons. The summed E-state index contributed by atoms with van der Waals surface area (Å²) in [5, 5.41) is 4.08. The number of hydrogen-bond donors (Lipinski definition) is 1. The molecule has 0 aliphatic carbocycles. The molecule has 0 bridgehead atoms. The molecule has 0 spiro atoms. The first-order valence-corrected chi connectivity index (χ1v) is 10.1. The number of rotatable bonds is 4. The Morgan fingerprint density at radius 2 is 1.77 bits per heavy atom. The Balaban J connectivity index is 1.14. The Bertz CT molecular complexity index is 1010. The zero-order valence-electron chi connectivity index (χ0n) is 16.5. The van der Waals surface area contributed by atoms with Crippen LogP contribution in [0.1, 0.15) is 5.89 Å². The molecule has 0 unspecified atom stereocenters. The van der Waals surface area contributed by atoms with E-state index in [1.54, 1.807) is 0 Å². The van der Waals surface area contributed by atoms with Gasteiger partial charge >= 0.3 is 0 Å². The predicted octanol–water partition coefficient (Wildman–Crippen LogP) is 0.804. The van der Waals surface area contributed by atoms with E-state index in [9.17, 15) is 4.79 Å². The van der Waals surface area contributed by atoms with Gasteiger partial charge in [-0.15, -0.1) is 0 Å². The van der Waals surface area contributed by atoms with Crippen LogP contribution in [0.25, 0.3) is 11.4 Å². The number of aromatic nitrogens is 2. The highest BCUT2D eigenvalue weighted by atomic mass is 16.6. The molecule has 1 aromatic heterocycles. The van der Waals surface area contributed by atoms with Crippen molar-refractivity contribution < 1.29 is 23.7 Å². The Labute approximate surface area is 174 Å². The second kappa shape index (κ2) is 8.16. The highest BCUT2D eigenvalue weighted by Gasteiger charge is 2.34. The van der Waals surface area contributed by atoms with Gasteiger partial charge in [0, 0.05) is 5.56 Å². The second-order valence-electron chi connectivity index (χ2n) is 7.49. The first-order chi connectivity index (χ1) is 14.8. The summed E-state index contributed by atoms with van der Waals surface area (Å²) in [5.74, 6) is 2.51. The lowest BCUT2D eigenvalue weighted by Gasteiger charge is -2.34. The van der Waals surface area contributed by atoms with Gasteiger partial charge in [-0.2, -0.15) is 4.98 Å². The summed E-state index contributed by atoms with van der Waals surface area (Å²) >= 11 is 0. The van der Waals surface area contributed by atoms with Crippen molar-refractivity contribution >= 4 is 5.91 Å². The first kappa shape index (κ1) is 18.6. The minimum atomic E-state index is -0.592. The molecule has 3 heterocycles.